The molecule has 2 unspecified atom stereocenters. The standard InChI is InChI=1S/C82H133NO8/c1-6-8-10-12-14-16-18-20-22-24-26-28-30-32-34-36-37-38-39-40-41-42-43-45-47-49-51-53-55-57-59-61-63-65-67-69-71-73-80(85)91-78(77-90-82(81(86)87)88-75-74-83(3,4)5)76-89-79(84)72-70-68-66-64-62-60-58-56-54-52-50-48-46-44-35-33-31-29-27-25-23-21-19-17-15-13-11-9-7-2/h8-11,14-17,20-23,26-29,32-35,37-38,40-41,46,48,52,54,78,82H,6-7,12-13,18-19,24-25,30-31,36,39,42-45,47,49-51,53,55-77H2,1-5H3/p+1/b10-8-,11-9-,16-14-,17-15-,22-20-,23-21-,28-26-,29-27-,34-32-,35-33-,38-37-,41-40-,48-46-,54-52-. The van der Waals surface area contributed by atoms with E-state index in [2.05, 4.69) is 184 Å². The van der Waals surface area contributed by atoms with Crippen LogP contribution in [0.2, 0.25) is 0 Å². The summed E-state index contributed by atoms with van der Waals surface area (Å²) in [6, 6.07) is 0. The van der Waals surface area contributed by atoms with E-state index in [1.165, 1.54) is 96.3 Å². The van der Waals surface area contributed by atoms with Gasteiger partial charge in [0, 0.05) is 12.8 Å². The Morgan fingerprint density at radius 1 is 0.330 bits per heavy atom. The van der Waals surface area contributed by atoms with E-state index in [9.17, 15) is 19.5 Å². The van der Waals surface area contributed by atoms with Crippen molar-refractivity contribution in [3.8, 4) is 0 Å². The molecule has 514 valence electrons. The summed E-state index contributed by atoms with van der Waals surface area (Å²) in [5.74, 6) is -2.03. The Kier molecular flexibility index (Phi) is 66.4. The van der Waals surface area contributed by atoms with Crippen LogP contribution in [-0.2, 0) is 33.3 Å². The molecule has 0 aliphatic rings. The zero-order valence-electron chi connectivity index (χ0n) is 58.7. The van der Waals surface area contributed by atoms with Crippen LogP contribution < -0.4 is 0 Å². The van der Waals surface area contributed by atoms with Gasteiger partial charge < -0.3 is 28.5 Å². The van der Waals surface area contributed by atoms with Gasteiger partial charge in [-0.2, -0.15) is 0 Å². The predicted molar refractivity (Wildman–Crippen MR) is 391 cm³/mol. The summed E-state index contributed by atoms with van der Waals surface area (Å²) in [6.07, 6.45) is 103. The molecule has 0 rings (SSSR count). The van der Waals surface area contributed by atoms with Gasteiger partial charge in [-0.05, 0) is 128 Å². The topological polar surface area (TPSA) is 108 Å². The van der Waals surface area contributed by atoms with Crippen molar-refractivity contribution in [3.05, 3.63) is 170 Å². The minimum absolute atomic E-state index is 0.178. The minimum Gasteiger partial charge on any atom is -0.477 e. The number of carboxylic acid groups (broad SMARTS) is 1. The highest BCUT2D eigenvalue weighted by molar-refractivity contribution is 5.71. The number of likely N-dealkylation sites (N-methyl/N-ethyl adjacent to an activating group) is 1. The number of carbonyl (C=O) groups is 3. The second-order valence-electron chi connectivity index (χ2n) is 24.8. The second kappa shape index (κ2) is 70.5. The van der Waals surface area contributed by atoms with Crippen LogP contribution in [0, 0.1) is 0 Å². The Morgan fingerprint density at radius 2 is 0.593 bits per heavy atom. The number of quaternary nitrogens is 1. The van der Waals surface area contributed by atoms with Crippen molar-refractivity contribution in [2.24, 2.45) is 0 Å². The molecule has 0 aliphatic carbocycles. The third-order valence-electron chi connectivity index (χ3n) is 15.0. The van der Waals surface area contributed by atoms with Crippen LogP contribution in [0.4, 0.5) is 0 Å². The molecule has 9 heteroatoms. The van der Waals surface area contributed by atoms with Crippen molar-refractivity contribution < 1.29 is 42.9 Å². The van der Waals surface area contributed by atoms with Crippen LogP contribution in [0.1, 0.15) is 271 Å². The van der Waals surface area contributed by atoms with Gasteiger partial charge >= 0.3 is 17.9 Å². The highest BCUT2D eigenvalue weighted by atomic mass is 16.7. The zero-order chi connectivity index (χ0) is 66.1. The van der Waals surface area contributed by atoms with Crippen LogP contribution in [0.3, 0.4) is 0 Å². The van der Waals surface area contributed by atoms with E-state index in [0.29, 0.717) is 17.4 Å². The predicted octanol–water partition coefficient (Wildman–Crippen LogP) is 23.0. The zero-order valence-corrected chi connectivity index (χ0v) is 58.7. The monoisotopic (exact) mass is 1260 g/mol. The van der Waals surface area contributed by atoms with Gasteiger partial charge in [0.05, 0.1) is 34.4 Å². The summed E-state index contributed by atoms with van der Waals surface area (Å²) in [5.41, 5.74) is 0. The van der Waals surface area contributed by atoms with E-state index in [-0.39, 0.29) is 38.6 Å². The third kappa shape index (κ3) is 71.9. The summed E-state index contributed by atoms with van der Waals surface area (Å²) in [4.78, 5) is 37.7. The molecule has 0 aromatic rings. The lowest BCUT2D eigenvalue weighted by molar-refractivity contribution is -0.870. The number of carbonyl (C=O) groups excluding carboxylic acids is 2. The SMILES string of the molecule is CC/C=C\C/C=C\C/C=C\C/C=C\C/C=C\C/C=C\C/C=C\CCCCCCCCCCCCCCCCCC(=O)OC(COC(=O)CCCCCCCCC/C=C\C/C=C\C/C=C\C/C=C\C/C=C\C/C=C\C/C=C\CC)COC(OCC[N+](C)(C)C)C(=O)O. The lowest BCUT2D eigenvalue weighted by Gasteiger charge is -2.25. The lowest BCUT2D eigenvalue weighted by atomic mass is 10.0. The first-order chi connectivity index (χ1) is 44.6. The lowest BCUT2D eigenvalue weighted by Crippen LogP contribution is -2.40. The van der Waals surface area contributed by atoms with Gasteiger partial charge in [0.1, 0.15) is 13.2 Å². The molecule has 0 saturated heterocycles. The van der Waals surface area contributed by atoms with E-state index in [4.69, 9.17) is 18.9 Å². The summed E-state index contributed by atoms with van der Waals surface area (Å²) in [7, 11) is 5.97. The van der Waals surface area contributed by atoms with Gasteiger partial charge in [-0.3, -0.25) is 9.59 Å². The summed E-state index contributed by atoms with van der Waals surface area (Å²) in [6.45, 7) is 4.63. The van der Waals surface area contributed by atoms with E-state index in [1.54, 1.807) is 0 Å². The van der Waals surface area contributed by atoms with Crippen molar-refractivity contribution in [2.75, 3.05) is 47.5 Å². The van der Waals surface area contributed by atoms with Gasteiger partial charge in [-0.15, -0.1) is 0 Å². The average molecular weight is 1260 g/mol. The molecule has 2 atom stereocenters. The Hall–Kier alpha value is -5.35. The number of rotatable bonds is 65. The van der Waals surface area contributed by atoms with Crippen molar-refractivity contribution >= 4 is 17.9 Å². The van der Waals surface area contributed by atoms with Gasteiger partial charge in [-0.1, -0.05) is 300 Å². The van der Waals surface area contributed by atoms with Crippen molar-refractivity contribution in [3.63, 3.8) is 0 Å². The molecule has 0 bridgehead atoms. The fourth-order valence-electron chi connectivity index (χ4n) is 9.50. The molecule has 9 nitrogen and oxygen atoms in total. The maximum Gasteiger partial charge on any atom is 0.361 e. The van der Waals surface area contributed by atoms with Crippen molar-refractivity contribution in [1.82, 2.24) is 0 Å². The molecule has 0 amide bonds. The maximum atomic E-state index is 13.0. The van der Waals surface area contributed by atoms with E-state index >= 15 is 0 Å². The largest absolute Gasteiger partial charge is 0.477 e. The number of unbranched alkanes of at least 4 members (excludes halogenated alkanes) is 22. The number of allylic oxidation sites excluding steroid dienone is 28. The van der Waals surface area contributed by atoms with Crippen LogP contribution in [0.5, 0.6) is 0 Å². The molecule has 0 radical (unpaired) electrons. The van der Waals surface area contributed by atoms with E-state index in [1.807, 2.05) is 21.1 Å². The molecule has 0 heterocycles. The van der Waals surface area contributed by atoms with Crippen molar-refractivity contribution in [1.29, 1.82) is 0 Å². The first-order valence-corrected chi connectivity index (χ1v) is 36.3. The molecule has 0 aromatic heterocycles. The average Bonchev–Trinajstić information content (AvgIpc) is 3.50. The third-order valence-corrected chi connectivity index (χ3v) is 15.0. The maximum absolute atomic E-state index is 13.0. The van der Waals surface area contributed by atoms with Gasteiger partial charge in [0.25, 0.3) is 6.29 Å². The number of hydrogen-bond donors (Lipinski definition) is 1. The Bertz CT molecular complexity index is 2100. The van der Waals surface area contributed by atoms with Gasteiger partial charge in [-0.25, -0.2) is 4.79 Å². The number of aliphatic carboxylic acids is 1. The normalized spacial score (nSPS) is 13.7. The van der Waals surface area contributed by atoms with Gasteiger partial charge in [0.15, 0.2) is 6.10 Å². The van der Waals surface area contributed by atoms with E-state index < -0.39 is 24.3 Å². The fourth-order valence-corrected chi connectivity index (χ4v) is 9.50. The highest BCUT2D eigenvalue weighted by Gasteiger charge is 2.25. The second-order valence-corrected chi connectivity index (χ2v) is 24.8. The molecular formula is C82H134NO8+. The van der Waals surface area contributed by atoms with Crippen molar-refractivity contribution in [2.45, 2.75) is 283 Å². The summed E-state index contributed by atoms with van der Waals surface area (Å²) in [5, 5.41) is 9.76. The molecular weight excluding hydrogens is 1130 g/mol. The molecule has 0 aromatic carbocycles. The molecule has 1 N–H and O–H groups in total. The Morgan fingerprint density at radius 3 is 0.879 bits per heavy atom. The fraction of sp³-hybridized carbons (Fsp3) is 0.622. The van der Waals surface area contributed by atoms with E-state index in [0.717, 1.165) is 141 Å². The Labute approximate surface area is 558 Å². The number of ether oxygens (including phenoxy) is 4. The quantitative estimate of drug-likeness (QED) is 0.0211. The number of hydrogen-bond acceptors (Lipinski definition) is 7. The van der Waals surface area contributed by atoms with Crippen LogP contribution in [0.25, 0.3) is 0 Å². The first kappa shape index (κ1) is 85.7. The van der Waals surface area contributed by atoms with Crippen LogP contribution in [0.15, 0.2) is 170 Å². The molecule has 91 heavy (non-hydrogen) atoms. The molecule has 0 saturated carbocycles. The van der Waals surface area contributed by atoms with Gasteiger partial charge in [0.2, 0.25) is 0 Å². The van der Waals surface area contributed by atoms with Crippen LogP contribution >= 0.6 is 0 Å². The molecule has 0 aliphatic heterocycles. The number of carboxylic acids is 1. The van der Waals surface area contributed by atoms with Crippen LogP contribution in [-0.4, -0.2) is 87.4 Å². The number of esters is 2. The highest BCUT2D eigenvalue weighted by Crippen LogP contribution is 2.16. The Balaban J connectivity index is 4.16. The summed E-state index contributed by atoms with van der Waals surface area (Å²) < 4.78 is 23.0. The smallest absolute Gasteiger partial charge is 0.361 e. The minimum atomic E-state index is -1.52. The molecule has 0 fully saturated rings. The molecule has 0 spiro atoms. The number of nitrogens with zero attached hydrogens (tertiary/aromatic N) is 1. The first-order valence-electron chi connectivity index (χ1n) is 36.3. The summed E-state index contributed by atoms with van der Waals surface area (Å²) >= 11 is 0.